The predicted molar refractivity (Wildman–Crippen MR) is 115 cm³/mol. The van der Waals surface area contributed by atoms with E-state index in [4.69, 9.17) is 9.47 Å². The van der Waals surface area contributed by atoms with Gasteiger partial charge in [0.2, 0.25) is 0 Å². The first kappa shape index (κ1) is 20.3. The zero-order chi connectivity index (χ0) is 21.8. The Morgan fingerprint density at radius 1 is 1.03 bits per heavy atom. The van der Waals surface area contributed by atoms with Crippen LogP contribution >= 0.6 is 0 Å². The van der Waals surface area contributed by atoms with Crippen molar-refractivity contribution in [2.45, 2.75) is 18.8 Å². The van der Waals surface area contributed by atoms with Gasteiger partial charge in [-0.25, -0.2) is 0 Å². The molecule has 0 saturated heterocycles. The Balaban J connectivity index is 1.81. The lowest BCUT2D eigenvalue weighted by molar-refractivity contribution is -0.140. The third kappa shape index (κ3) is 4.18. The summed E-state index contributed by atoms with van der Waals surface area (Å²) >= 11 is 0. The lowest BCUT2D eigenvalue weighted by Gasteiger charge is -2.17. The average molecular weight is 418 g/mol. The van der Waals surface area contributed by atoms with Gasteiger partial charge in [0, 0.05) is 36.0 Å². The quantitative estimate of drug-likeness (QED) is 0.447. The molecular weight excluding hydrogens is 396 g/mol. The second-order valence-corrected chi connectivity index (χ2v) is 7.10. The summed E-state index contributed by atoms with van der Waals surface area (Å²) in [6.45, 7) is 0. The largest absolute Gasteiger partial charge is 0.497 e. The number of hydrogen-bond donors (Lipinski definition) is 2. The van der Waals surface area contributed by atoms with E-state index < -0.39 is 11.9 Å². The molecule has 0 aliphatic rings. The van der Waals surface area contributed by atoms with Gasteiger partial charge in [-0.1, -0.05) is 24.3 Å². The van der Waals surface area contributed by atoms with E-state index in [1.165, 1.54) is 7.11 Å². The van der Waals surface area contributed by atoms with Crippen molar-refractivity contribution in [1.29, 1.82) is 0 Å². The topological polar surface area (TPSA) is 110 Å². The predicted octanol–water partition coefficient (Wildman–Crippen LogP) is 2.94. The van der Waals surface area contributed by atoms with Gasteiger partial charge in [-0.05, 0) is 29.3 Å². The molecule has 158 valence electrons. The van der Waals surface area contributed by atoms with Crippen molar-refractivity contribution in [3.05, 3.63) is 87.6 Å². The molecule has 0 radical (unpaired) electrons. The summed E-state index contributed by atoms with van der Waals surface area (Å²) in [5.74, 6) is -0.206. The van der Waals surface area contributed by atoms with Crippen molar-refractivity contribution in [2.75, 3.05) is 14.2 Å². The van der Waals surface area contributed by atoms with Gasteiger partial charge >= 0.3 is 5.97 Å². The van der Waals surface area contributed by atoms with Crippen LogP contribution in [0.4, 0.5) is 0 Å². The molecule has 8 nitrogen and oxygen atoms in total. The number of hydrogen-bond acceptors (Lipinski definition) is 6. The van der Waals surface area contributed by atoms with Gasteiger partial charge in [0.25, 0.3) is 5.56 Å². The number of carbonyl (C=O) groups excluding carboxylic acids is 1. The van der Waals surface area contributed by atoms with Crippen molar-refractivity contribution in [1.82, 2.24) is 20.2 Å². The van der Waals surface area contributed by atoms with E-state index in [0.717, 1.165) is 16.9 Å². The summed E-state index contributed by atoms with van der Waals surface area (Å²) in [5, 5.41) is 5.66. The van der Waals surface area contributed by atoms with Gasteiger partial charge in [-0.2, -0.15) is 0 Å². The van der Waals surface area contributed by atoms with Gasteiger partial charge < -0.3 is 14.6 Å². The third-order valence-electron chi connectivity index (χ3n) is 5.29. The highest BCUT2D eigenvalue weighted by atomic mass is 16.5. The van der Waals surface area contributed by atoms with Gasteiger partial charge in [0.15, 0.2) is 0 Å². The fraction of sp³-hybridized carbons (Fsp3) is 0.217. The zero-order valence-electron chi connectivity index (χ0n) is 17.2. The number of nitrogens with one attached hydrogen (secondary N) is 2. The van der Waals surface area contributed by atoms with Crippen molar-refractivity contribution in [2.24, 2.45) is 0 Å². The number of benzene rings is 2. The molecule has 0 aliphatic heterocycles. The zero-order valence-corrected chi connectivity index (χ0v) is 17.2. The Kier molecular flexibility index (Phi) is 5.79. The normalized spacial score (nSPS) is 11.9. The average Bonchev–Trinajstić information content (AvgIpc) is 3.17. The van der Waals surface area contributed by atoms with E-state index in [1.54, 1.807) is 19.5 Å². The molecule has 2 heterocycles. The lowest BCUT2D eigenvalue weighted by Crippen LogP contribution is -2.18. The Labute approximate surface area is 178 Å². The molecule has 0 bridgehead atoms. The summed E-state index contributed by atoms with van der Waals surface area (Å²) in [5.41, 5.74) is 3.99. The number of aromatic nitrogens is 4. The maximum atomic E-state index is 12.9. The summed E-state index contributed by atoms with van der Waals surface area (Å²) in [4.78, 5) is 33.9. The lowest BCUT2D eigenvalue weighted by atomic mass is 9.86. The highest BCUT2D eigenvalue weighted by molar-refractivity contribution is 5.80. The number of para-hydroxylation sites is 1. The Bertz CT molecular complexity index is 1260. The van der Waals surface area contributed by atoms with E-state index in [9.17, 15) is 9.59 Å². The minimum absolute atomic E-state index is 0.00271. The van der Waals surface area contributed by atoms with Crippen LogP contribution in [0.5, 0.6) is 5.75 Å². The van der Waals surface area contributed by atoms with Gasteiger partial charge in [0.05, 0.1) is 31.7 Å². The number of ether oxygens (including phenoxy) is 2. The molecule has 0 unspecified atom stereocenters. The number of H-pyrrole nitrogens is 2. The van der Waals surface area contributed by atoms with Crippen LogP contribution in [0.15, 0.2) is 59.7 Å². The standard InChI is InChI=1S/C23H22N4O4/c1-30-15-8-6-14(7-9-15)12-19-21(23(29)27-26-19)17(13-20(28)31-2)16-4-3-5-18-22(16)25-11-10-24-18/h3-11,17H,12-13H2,1-2H3,(H2,26,27,29)/t17-/m1/s1. The summed E-state index contributed by atoms with van der Waals surface area (Å²) < 4.78 is 10.1. The van der Waals surface area contributed by atoms with Gasteiger partial charge in [-0.15, -0.1) is 0 Å². The molecule has 0 spiro atoms. The number of aromatic amines is 2. The summed E-state index contributed by atoms with van der Waals surface area (Å²) in [7, 11) is 2.95. The second-order valence-electron chi connectivity index (χ2n) is 7.10. The van der Waals surface area contributed by atoms with Crippen molar-refractivity contribution in [3.8, 4) is 5.75 Å². The minimum atomic E-state index is -0.545. The van der Waals surface area contributed by atoms with Crippen molar-refractivity contribution >= 4 is 17.0 Å². The van der Waals surface area contributed by atoms with E-state index >= 15 is 0 Å². The molecule has 2 aromatic carbocycles. The number of rotatable bonds is 7. The van der Waals surface area contributed by atoms with Gasteiger partial charge in [-0.3, -0.25) is 24.7 Å². The molecule has 8 heteroatoms. The van der Waals surface area contributed by atoms with Crippen LogP contribution in [-0.4, -0.2) is 40.4 Å². The van der Waals surface area contributed by atoms with Crippen LogP contribution < -0.4 is 10.3 Å². The van der Waals surface area contributed by atoms with Crippen LogP contribution in [0, 0.1) is 0 Å². The maximum Gasteiger partial charge on any atom is 0.306 e. The van der Waals surface area contributed by atoms with Gasteiger partial charge in [0.1, 0.15) is 5.75 Å². The fourth-order valence-corrected chi connectivity index (χ4v) is 3.77. The molecule has 0 fully saturated rings. The maximum absolute atomic E-state index is 12.9. The Hall–Kier alpha value is -3.94. The molecule has 0 aliphatic carbocycles. The molecule has 0 amide bonds. The molecule has 4 rings (SSSR count). The molecule has 31 heavy (non-hydrogen) atoms. The van der Waals surface area contributed by atoms with E-state index in [1.807, 2.05) is 42.5 Å². The minimum Gasteiger partial charge on any atom is -0.497 e. The third-order valence-corrected chi connectivity index (χ3v) is 5.29. The van der Waals surface area contributed by atoms with Crippen molar-refractivity contribution < 1.29 is 14.3 Å². The second kappa shape index (κ2) is 8.83. The molecule has 4 aromatic rings. The van der Waals surface area contributed by atoms with E-state index in [2.05, 4.69) is 20.2 Å². The SMILES string of the molecule is COC(=O)C[C@@H](c1c(Cc2ccc(OC)cc2)[nH][nH]c1=O)c1cccc2nccnc12. The van der Waals surface area contributed by atoms with Crippen LogP contribution in [-0.2, 0) is 16.0 Å². The number of esters is 1. The molecule has 2 aromatic heterocycles. The van der Waals surface area contributed by atoms with Crippen LogP contribution in [0.1, 0.15) is 34.7 Å². The molecule has 1 atom stereocenters. The molecular formula is C23H22N4O4. The fourth-order valence-electron chi connectivity index (χ4n) is 3.77. The molecule has 0 saturated carbocycles. The van der Waals surface area contributed by atoms with Crippen LogP contribution in [0.25, 0.3) is 11.0 Å². The van der Waals surface area contributed by atoms with E-state index in [0.29, 0.717) is 28.7 Å². The number of nitrogens with zero attached hydrogens (tertiary/aromatic N) is 2. The number of carbonyl (C=O) groups is 1. The molecule has 2 N–H and O–H groups in total. The Morgan fingerprint density at radius 3 is 2.55 bits per heavy atom. The van der Waals surface area contributed by atoms with Crippen LogP contribution in [0.3, 0.4) is 0 Å². The Morgan fingerprint density at radius 2 is 1.81 bits per heavy atom. The highest BCUT2D eigenvalue weighted by Gasteiger charge is 2.27. The monoisotopic (exact) mass is 418 g/mol. The highest BCUT2D eigenvalue weighted by Crippen LogP contribution is 2.32. The first-order chi connectivity index (χ1) is 15.1. The first-order valence-corrected chi connectivity index (χ1v) is 9.79. The summed E-state index contributed by atoms with van der Waals surface area (Å²) in [6.07, 6.45) is 3.69. The number of methoxy groups -OCH3 is 2. The first-order valence-electron chi connectivity index (χ1n) is 9.79. The van der Waals surface area contributed by atoms with Crippen molar-refractivity contribution in [3.63, 3.8) is 0 Å². The number of fused-ring (bicyclic) bond motifs is 1. The smallest absolute Gasteiger partial charge is 0.306 e. The van der Waals surface area contributed by atoms with Crippen LogP contribution in [0.2, 0.25) is 0 Å². The summed E-state index contributed by atoms with van der Waals surface area (Å²) in [6, 6.07) is 13.2. The van der Waals surface area contributed by atoms with E-state index in [-0.39, 0.29) is 12.0 Å².